The van der Waals surface area contributed by atoms with Gasteiger partial charge in [0.05, 0.1) is 77.9 Å². The molecule has 16 heteroatoms. The van der Waals surface area contributed by atoms with Crippen molar-refractivity contribution in [1.29, 1.82) is 0 Å². The second-order valence-corrected chi connectivity index (χ2v) is 40.4. The van der Waals surface area contributed by atoms with Crippen LogP contribution in [-0.2, 0) is 50.6 Å². The number of hydrogen-bond acceptors (Lipinski definition) is 14. The summed E-state index contributed by atoms with van der Waals surface area (Å²) in [5.74, 6) is 1.06. The van der Waals surface area contributed by atoms with Crippen molar-refractivity contribution < 1.29 is 57.1 Å². The first-order chi connectivity index (χ1) is 34.4. The number of ether oxygens (including phenoxy) is 6. The van der Waals surface area contributed by atoms with E-state index in [4.69, 9.17) is 37.3 Å². The first kappa shape index (κ1) is 71.9. The van der Waals surface area contributed by atoms with Crippen molar-refractivity contribution in [3.63, 3.8) is 0 Å². The van der Waals surface area contributed by atoms with Crippen LogP contribution >= 0.6 is 23.5 Å². The Morgan fingerprint density at radius 1 is 0.526 bits per heavy atom. The molecule has 0 aliphatic heterocycles. The van der Waals surface area contributed by atoms with Gasteiger partial charge in [0.2, 0.25) is 0 Å². The van der Waals surface area contributed by atoms with Crippen LogP contribution in [0.2, 0.25) is 36.3 Å². The molecule has 0 spiro atoms. The predicted octanol–water partition coefficient (Wildman–Crippen LogP) is 14.5. The molecule has 0 saturated heterocycles. The molecule has 2 rings (SSSR count). The van der Waals surface area contributed by atoms with E-state index in [1.165, 1.54) is 11.8 Å². The third-order valence-electron chi connectivity index (χ3n) is 14.3. The molecule has 2 unspecified atom stereocenters. The monoisotopic (exact) mass is 1140 g/mol. The fourth-order valence-corrected chi connectivity index (χ4v) is 14.0. The van der Waals surface area contributed by atoms with Crippen LogP contribution in [0, 0.1) is 11.8 Å². The van der Waals surface area contributed by atoms with Crippen molar-refractivity contribution in [2.24, 2.45) is 11.8 Å². The van der Waals surface area contributed by atoms with E-state index >= 15 is 0 Å². The number of methoxy groups -OCH3 is 2. The lowest BCUT2D eigenvalue weighted by atomic mass is 10.0. The predicted molar refractivity (Wildman–Crippen MR) is 323 cm³/mol. The molecule has 440 valence electrons. The molecule has 2 aromatic carbocycles. The molecule has 0 aromatic heterocycles. The van der Waals surface area contributed by atoms with Gasteiger partial charge >= 0.3 is 11.9 Å². The van der Waals surface area contributed by atoms with Crippen LogP contribution in [0.15, 0.2) is 48.5 Å². The maximum absolute atomic E-state index is 13.2. The van der Waals surface area contributed by atoms with Gasteiger partial charge in [-0.2, -0.15) is 0 Å². The lowest BCUT2D eigenvalue weighted by Gasteiger charge is -2.47. The average Bonchev–Trinajstić information content (AvgIpc) is 3.25. The quantitative estimate of drug-likeness (QED) is 0.0615. The number of aliphatic hydroxyl groups excluding tert-OH is 2. The fourth-order valence-electron chi connectivity index (χ4n) is 7.55. The van der Waals surface area contributed by atoms with Crippen LogP contribution in [0.3, 0.4) is 0 Å². The third-order valence-corrected chi connectivity index (χ3v) is 26.3. The summed E-state index contributed by atoms with van der Waals surface area (Å²) in [6.07, 6.45) is -1.72. The first-order valence-electron chi connectivity index (χ1n) is 27.3. The number of aliphatic hydroxyl groups is 2. The Labute approximate surface area is 473 Å². The number of thioether (sulfide) groups is 2. The van der Waals surface area contributed by atoms with Gasteiger partial charge in [0.1, 0.15) is 22.7 Å². The van der Waals surface area contributed by atoms with E-state index in [2.05, 4.69) is 95.4 Å². The summed E-state index contributed by atoms with van der Waals surface area (Å²) in [6, 6.07) is 15.7. The number of carbonyl (C=O) groups is 2. The largest absolute Gasteiger partial charge is 0.497 e. The van der Waals surface area contributed by atoms with Crippen LogP contribution in [-0.4, -0.2) is 122 Å². The minimum absolute atomic E-state index is 0.00919. The molecule has 0 amide bonds. The second kappa shape index (κ2) is 30.1. The maximum atomic E-state index is 13.2. The zero-order valence-corrected chi connectivity index (χ0v) is 55.9. The molecule has 2 N–H and O–H groups in total. The van der Waals surface area contributed by atoms with Gasteiger partial charge < -0.3 is 47.5 Å². The summed E-state index contributed by atoms with van der Waals surface area (Å²) < 4.78 is 46.8. The summed E-state index contributed by atoms with van der Waals surface area (Å²) in [5, 5.41) is 21.4. The van der Waals surface area contributed by atoms with Crippen molar-refractivity contribution in [1.82, 2.24) is 0 Å². The highest BCUT2D eigenvalue weighted by atomic mass is 32.2. The van der Waals surface area contributed by atoms with Crippen molar-refractivity contribution in [2.45, 2.75) is 256 Å². The van der Waals surface area contributed by atoms with E-state index in [0.29, 0.717) is 26.4 Å². The van der Waals surface area contributed by atoms with E-state index in [9.17, 15) is 19.8 Å². The van der Waals surface area contributed by atoms with Gasteiger partial charge in [0, 0.05) is 31.8 Å². The molecule has 0 heterocycles. The standard InChI is InChI=1S/C36H68O6SSi2.C24H40O6S/c1-26(24-39-25-28-19-21-29(38-14)22-20-28)32(42-45(17,18)35(9,10)11)27(2)43-36(12,13)30(23-31(37)40-33(3,4)5)41-44(15,16)34(6,7)8;1-16(14-29-15-18-9-11-19(28-8)12-10-18)22(27)17(2)31-24(6,7)20(25)13-21(26)30-23(3,4)5/h19-22,26-27,30,32H,23-25H2,1-18H3;9-12,16-17,20,22,25,27H,13-15H2,1-8H3/t26-,27+,30?,32-;16-,17+,20?,22-/m00/s1. The van der Waals surface area contributed by atoms with E-state index in [0.717, 1.165) is 22.6 Å². The summed E-state index contributed by atoms with van der Waals surface area (Å²) in [4.78, 5) is 25.3. The van der Waals surface area contributed by atoms with E-state index in [1.54, 1.807) is 35.0 Å². The minimum atomic E-state index is -2.20. The van der Waals surface area contributed by atoms with Crippen molar-refractivity contribution in [2.75, 3.05) is 27.4 Å². The molecule has 76 heavy (non-hydrogen) atoms. The van der Waals surface area contributed by atoms with Gasteiger partial charge in [-0.3, -0.25) is 9.59 Å². The van der Waals surface area contributed by atoms with Crippen molar-refractivity contribution in [3.05, 3.63) is 59.7 Å². The lowest BCUT2D eigenvalue weighted by molar-refractivity contribution is -0.158. The summed E-state index contributed by atoms with van der Waals surface area (Å²) in [5.41, 5.74) is 1.02. The lowest BCUT2D eigenvalue weighted by Crippen LogP contribution is -2.52. The Kier molecular flexibility index (Phi) is 28.5. The van der Waals surface area contributed by atoms with Gasteiger partial charge in [-0.1, -0.05) is 93.5 Å². The summed E-state index contributed by atoms with van der Waals surface area (Å²) in [6.45, 7) is 52.4. The molecular weight excluding hydrogens is 1030 g/mol. The van der Waals surface area contributed by atoms with Crippen molar-refractivity contribution >= 4 is 52.1 Å². The fraction of sp³-hybridized carbons (Fsp3) is 0.767. The maximum Gasteiger partial charge on any atom is 0.308 e. The van der Waals surface area contributed by atoms with Crippen LogP contribution in [0.4, 0.5) is 0 Å². The van der Waals surface area contributed by atoms with Crippen molar-refractivity contribution in [3.8, 4) is 11.5 Å². The topological polar surface area (TPSA) is 148 Å². The van der Waals surface area contributed by atoms with E-state index in [-0.39, 0.29) is 68.2 Å². The molecule has 0 saturated carbocycles. The van der Waals surface area contributed by atoms with Crippen LogP contribution in [0.5, 0.6) is 11.5 Å². The molecule has 0 aliphatic rings. The third kappa shape index (κ3) is 26.0. The highest BCUT2D eigenvalue weighted by Gasteiger charge is 2.47. The zero-order chi connectivity index (χ0) is 59.1. The molecule has 2 aromatic rings. The molecule has 8 atom stereocenters. The van der Waals surface area contributed by atoms with Gasteiger partial charge in [-0.25, -0.2) is 0 Å². The van der Waals surface area contributed by atoms with Gasteiger partial charge in [-0.05, 0) is 141 Å². The Hall–Kier alpha value is -2.13. The normalized spacial score (nSPS) is 16.5. The zero-order valence-electron chi connectivity index (χ0n) is 52.3. The van der Waals surface area contributed by atoms with Gasteiger partial charge in [0.25, 0.3) is 0 Å². The number of esters is 2. The van der Waals surface area contributed by atoms with Crippen LogP contribution in [0.25, 0.3) is 0 Å². The second-order valence-electron chi connectivity index (χ2n) is 26.8. The minimum Gasteiger partial charge on any atom is -0.497 e. The average molecular weight is 1140 g/mol. The Bertz CT molecular complexity index is 2000. The Morgan fingerprint density at radius 2 is 0.895 bits per heavy atom. The molecule has 0 bridgehead atoms. The molecule has 12 nitrogen and oxygen atoms in total. The SMILES string of the molecule is COc1ccc(COC[C@H](C)[C@H](O)[C@@H](C)SC(C)(C)C(O)CC(=O)OC(C)(C)C)cc1.COc1ccc(COC[C@H](C)[C@H](O[Si](C)(C)C(C)(C)C)[C@@H](C)SC(C)(C)C(CC(=O)OC(C)(C)C)O[Si](C)(C)C(C)(C)C)cc1. The van der Waals surface area contributed by atoms with E-state index in [1.807, 2.05) is 109 Å². The van der Waals surface area contributed by atoms with Gasteiger partial charge in [0.15, 0.2) is 16.6 Å². The highest BCUT2D eigenvalue weighted by molar-refractivity contribution is 8.01. The first-order valence-corrected chi connectivity index (χ1v) is 34.9. The number of carbonyl (C=O) groups excluding carboxylic acids is 2. The Morgan fingerprint density at radius 3 is 1.28 bits per heavy atom. The molecule has 0 fully saturated rings. The number of rotatable bonds is 28. The number of hydrogen-bond donors (Lipinski definition) is 2. The summed E-state index contributed by atoms with van der Waals surface area (Å²) in [7, 11) is -0.996. The van der Waals surface area contributed by atoms with E-state index < -0.39 is 50.8 Å². The Balaban J connectivity index is 0.000000813. The molecule has 0 radical (unpaired) electrons. The molecule has 0 aliphatic carbocycles. The van der Waals surface area contributed by atoms with Crippen LogP contribution in [0.1, 0.15) is 162 Å². The number of benzene rings is 2. The van der Waals surface area contributed by atoms with Gasteiger partial charge in [-0.15, -0.1) is 23.5 Å². The summed E-state index contributed by atoms with van der Waals surface area (Å²) >= 11 is 3.32. The van der Waals surface area contributed by atoms with Crippen LogP contribution < -0.4 is 9.47 Å². The highest BCUT2D eigenvalue weighted by Crippen LogP contribution is 2.46. The smallest absolute Gasteiger partial charge is 0.308 e. The molecular formula is C60H108O12S2Si2.